The lowest BCUT2D eigenvalue weighted by molar-refractivity contribution is 0.451. The minimum atomic E-state index is 0.114. The first kappa shape index (κ1) is 13.4. The molecule has 1 heterocycles. The number of hydrogen-bond donors (Lipinski definition) is 1. The quantitative estimate of drug-likeness (QED) is 0.778. The number of nitrogens with zero attached hydrogens (tertiary/aromatic N) is 1. The molecule has 0 fully saturated rings. The third kappa shape index (κ3) is 2.96. The molecule has 3 nitrogen and oxygen atoms in total. The summed E-state index contributed by atoms with van der Waals surface area (Å²) in [6.07, 6.45) is 0. The molecule has 2 aromatic carbocycles. The van der Waals surface area contributed by atoms with E-state index < -0.39 is 0 Å². The second-order valence-electron chi connectivity index (χ2n) is 5.10. The van der Waals surface area contributed by atoms with E-state index in [1.807, 2.05) is 48.5 Å². The lowest BCUT2D eigenvalue weighted by Gasteiger charge is -2.11. The normalized spacial score (nSPS) is 12.2. The summed E-state index contributed by atoms with van der Waals surface area (Å²) in [5.41, 5.74) is 2.69. The van der Waals surface area contributed by atoms with Crippen LogP contribution < -0.4 is 5.32 Å². The highest BCUT2D eigenvalue weighted by atomic mass is 16.3. The lowest BCUT2D eigenvalue weighted by Crippen LogP contribution is -2.17. The SMILES string of the molecule is CC(NCc1cccc(C#N)c1)c1cc2ccccc2o1. The largest absolute Gasteiger partial charge is 0.459 e. The van der Waals surface area contributed by atoms with Crippen LogP contribution in [-0.4, -0.2) is 0 Å². The molecular weight excluding hydrogens is 260 g/mol. The van der Waals surface area contributed by atoms with Gasteiger partial charge in [0.2, 0.25) is 0 Å². The van der Waals surface area contributed by atoms with Crippen molar-refractivity contribution < 1.29 is 4.42 Å². The predicted molar refractivity (Wildman–Crippen MR) is 82.6 cm³/mol. The van der Waals surface area contributed by atoms with Gasteiger partial charge in [0.05, 0.1) is 17.7 Å². The summed E-state index contributed by atoms with van der Waals surface area (Å²) >= 11 is 0. The zero-order valence-corrected chi connectivity index (χ0v) is 11.8. The van der Waals surface area contributed by atoms with Crippen molar-refractivity contribution in [2.45, 2.75) is 19.5 Å². The zero-order valence-electron chi connectivity index (χ0n) is 11.8. The number of nitriles is 1. The maximum atomic E-state index is 8.91. The van der Waals surface area contributed by atoms with Gasteiger partial charge in [-0.1, -0.05) is 30.3 Å². The zero-order chi connectivity index (χ0) is 14.7. The second-order valence-corrected chi connectivity index (χ2v) is 5.10. The van der Waals surface area contributed by atoms with Crippen molar-refractivity contribution in [2.75, 3.05) is 0 Å². The Bertz CT molecular complexity index is 765. The molecule has 1 atom stereocenters. The molecule has 0 spiro atoms. The fourth-order valence-corrected chi connectivity index (χ4v) is 2.34. The standard InChI is InChI=1S/C18H16N2O/c1-13(18-10-16-7-2-3-8-17(16)21-18)20-12-15-6-4-5-14(9-15)11-19/h2-10,13,20H,12H2,1H3. The Balaban J connectivity index is 1.71. The van der Waals surface area contributed by atoms with Gasteiger partial charge in [0.25, 0.3) is 0 Å². The fourth-order valence-electron chi connectivity index (χ4n) is 2.34. The van der Waals surface area contributed by atoms with Crippen LogP contribution in [0.25, 0.3) is 11.0 Å². The van der Waals surface area contributed by atoms with Gasteiger partial charge in [-0.15, -0.1) is 0 Å². The Morgan fingerprint density at radius 1 is 1.14 bits per heavy atom. The van der Waals surface area contributed by atoms with Crippen LogP contribution in [0.15, 0.2) is 59.0 Å². The average Bonchev–Trinajstić information content (AvgIpc) is 2.97. The lowest BCUT2D eigenvalue weighted by atomic mass is 10.1. The summed E-state index contributed by atoms with van der Waals surface area (Å²) in [4.78, 5) is 0. The Labute approximate surface area is 123 Å². The molecule has 0 bridgehead atoms. The van der Waals surface area contributed by atoms with Crippen LogP contribution in [0.1, 0.15) is 29.9 Å². The van der Waals surface area contributed by atoms with Crippen molar-refractivity contribution in [3.8, 4) is 6.07 Å². The molecule has 3 heteroatoms. The molecule has 0 aliphatic rings. The van der Waals surface area contributed by atoms with Gasteiger partial charge in [0.1, 0.15) is 11.3 Å². The van der Waals surface area contributed by atoms with Gasteiger partial charge in [-0.25, -0.2) is 0 Å². The summed E-state index contributed by atoms with van der Waals surface area (Å²) in [7, 11) is 0. The fraction of sp³-hybridized carbons (Fsp3) is 0.167. The molecule has 1 unspecified atom stereocenters. The van der Waals surface area contributed by atoms with E-state index in [9.17, 15) is 0 Å². The summed E-state index contributed by atoms with van der Waals surface area (Å²) in [5, 5.41) is 13.5. The molecule has 0 saturated carbocycles. The molecule has 0 radical (unpaired) electrons. The van der Waals surface area contributed by atoms with Crippen LogP contribution in [0.3, 0.4) is 0 Å². The molecular formula is C18H16N2O. The van der Waals surface area contributed by atoms with Crippen LogP contribution in [0.2, 0.25) is 0 Å². The minimum Gasteiger partial charge on any atom is -0.459 e. The predicted octanol–water partition coefficient (Wildman–Crippen LogP) is 4.16. The Morgan fingerprint density at radius 2 is 2.00 bits per heavy atom. The van der Waals surface area contributed by atoms with E-state index in [1.54, 1.807) is 0 Å². The molecule has 0 amide bonds. The average molecular weight is 276 g/mol. The number of hydrogen-bond acceptors (Lipinski definition) is 3. The van der Waals surface area contributed by atoms with E-state index in [0.29, 0.717) is 12.1 Å². The van der Waals surface area contributed by atoms with E-state index in [-0.39, 0.29) is 6.04 Å². The van der Waals surface area contributed by atoms with Crippen LogP contribution in [-0.2, 0) is 6.54 Å². The molecule has 1 aromatic heterocycles. The third-order valence-electron chi connectivity index (χ3n) is 3.54. The molecule has 0 aliphatic carbocycles. The van der Waals surface area contributed by atoms with Gasteiger partial charge in [0, 0.05) is 11.9 Å². The van der Waals surface area contributed by atoms with Crippen LogP contribution in [0.5, 0.6) is 0 Å². The first-order chi connectivity index (χ1) is 10.3. The van der Waals surface area contributed by atoms with Gasteiger partial charge in [-0.2, -0.15) is 5.26 Å². The highest BCUT2D eigenvalue weighted by Crippen LogP contribution is 2.23. The van der Waals surface area contributed by atoms with Crippen LogP contribution in [0.4, 0.5) is 0 Å². The van der Waals surface area contributed by atoms with E-state index in [0.717, 1.165) is 22.3 Å². The second kappa shape index (κ2) is 5.82. The molecule has 3 aromatic rings. The van der Waals surface area contributed by atoms with Gasteiger partial charge < -0.3 is 9.73 Å². The maximum Gasteiger partial charge on any atom is 0.134 e. The van der Waals surface area contributed by atoms with Gasteiger partial charge in [-0.3, -0.25) is 0 Å². The van der Waals surface area contributed by atoms with Crippen molar-refractivity contribution in [1.29, 1.82) is 5.26 Å². The van der Waals surface area contributed by atoms with E-state index >= 15 is 0 Å². The number of rotatable bonds is 4. The number of furan rings is 1. The number of nitrogens with one attached hydrogen (secondary N) is 1. The summed E-state index contributed by atoms with van der Waals surface area (Å²) < 4.78 is 5.85. The number of fused-ring (bicyclic) bond motifs is 1. The van der Waals surface area contributed by atoms with Crippen LogP contribution in [0, 0.1) is 11.3 Å². The number of para-hydroxylation sites is 1. The minimum absolute atomic E-state index is 0.114. The Kier molecular flexibility index (Phi) is 3.72. The van der Waals surface area contributed by atoms with Crippen molar-refractivity contribution in [3.05, 3.63) is 71.5 Å². The summed E-state index contributed by atoms with van der Waals surface area (Å²) in [6.45, 7) is 2.78. The summed E-state index contributed by atoms with van der Waals surface area (Å²) in [5.74, 6) is 0.924. The van der Waals surface area contributed by atoms with Gasteiger partial charge in [0.15, 0.2) is 0 Å². The van der Waals surface area contributed by atoms with E-state index in [2.05, 4.69) is 24.4 Å². The molecule has 1 N–H and O–H groups in total. The highest BCUT2D eigenvalue weighted by molar-refractivity contribution is 5.77. The van der Waals surface area contributed by atoms with Crippen molar-refractivity contribution in [3.63, 3.8) is 0 Å². The Hall–Kier alpha value is -2.57. The topological polar surface area (TPSA) is 49.0 Å². The van der Waals surface area contributed by atoms with E-state index in [1.165, 1.54) is 0 Å². The van der Waals surface area contributed by atoms with Crippen LogP contribution >= 0.6 is 0 Å². The van der Waals surface area contributed by atoms with Crippen molar-refractivity contribution >= 4 is 11.0 Å². The molecule has 0 saturated heterocycles. The monoisotopic (exact) mass is 276 g/mol. The maximum absolute atomic E-state index is 8.91. The molecule has 3 rings (SSSR count). The first-order valence-corrected chi connectivity index (χ1v) is 6.97. The van der Waals surface area contributed by atoms with Gasteiger partial charge in [-0.05, 0) is 36.8 Å². The van der Waals surface area contributed by atoms with Crippen molar-refractivity contribution in [2.24, 2.45) is 0 Å². The Morgan fingerprint density at radius 3 is 2.81 bits per heavy atom. The highest BCUT2D eigenvalue weighted by Gasteiger charge is 2.10. The number of benzene rings is 2. The first-order valence-electron chi connectivity index (χ1n) is 6.97. The molecule has 21 heavy (non-hydrogen) atoms. The van der Waals surface area contributed by atoms with Gasteiger partial charge >= 0.3 is 0 Å². The summed E-state index contributed by atoms with van der Waals surface area (Å²) in [6, 6.07) is 20.0. The van der Waals surface area contributed by atoms with E-state index in [4.69, 9.17) is 9.68 Å². The third-order valence-corrected chi connectivity index (χ3v) is 3.54. The molecule has 104 valence electrons. The van der Waals surface area contributed by atoms with Crippen molar-refractivity contribution in [1.82, 2.24) is 5.32 Å². The smallest absolute Gasteiger partial charge is 0.134 e. The molecule has 0 aliphatic heterocycles.